The summed E-state index contributed by atoms with van der Waals surface area (Å²) in [4.78, 5) is 21.3. The van der Waals surface area contributed by atoms with E-state index in [-0.39, 0.29) is 17.9 Å². The zero-order valence-corrected chi connectivity index (χ0v) is 19.3. The van der Waals surface area contributed by atoms with Gasteiger partial charge in [0.25, 0.3) is 0 Å². The van der Waals surface area contributed by atoms with E-state index in [1.807, 2.05) is 13.0 Å². The zero-order chi connectivity index (χ0) is 24.8. The third kappa shape index (κ3) is 6.36. The van der Waals surface area contributed by atoms with Gasteiger partial charge in [-0.3, -0.25) is 9.78 Å². The second-order valence-corrected chi connectivity index (χ2v) is 8.16. The maximum absolute atomic E-state index is 13.3. The Kier molecular flexibility index (Phi) is 7.31. The number of nitrogens with one attached hydrogen (secondary N) is 1. The molecule has 0 unspecified atom stereocenters. The summed E-state index contributed by atoms with van der Waals surface area (Å²) >= 11 is 1.33. The number of halogens is 3. The first-order valence-corrected chi connectivity index (χ1v) is 11.5. The quantitative estimate of drug-likeness (QED) is 0.296. The van der Waals surface area contributed by atoms with Gasteiger partial charge in [0.2, 0.25) is 5.91 Å². The number of rotatable bonds is 8. The lowest BCUT2D eigenvalue weighted by atomic mass is 10.1. The topological polar surface area (TPSA) is 73.3 Å². The number of carbonyl (C=O) groups excluding carboxylic acids is 1. The van der Waals surface area contributed by atoms with Gasteiger partial charge in [-0.1, -0.05) is 6.07 Å². The molecule has 10 heteroatoms. The number of hydrogen-bond acceptors (Lipinski definition) is 6. The number of benzene rings is 2. The number of amides is 1. The van der Waals surface area contributed by atoms with Gasteiger partial charge in [0.15, 0.2) is 5.75 Å². The lowest BCUT2D eigenvalue weighted by molar-refractivity contribution is -0.137. The molecule has 2 aromatic carbocycles. The molecule has 0 spiro atoms. The lowest BCUT2D eigenvalue weighted by Crippen LogP contribution is -2.16. The fourth-order valence-electron chi connectivity index (χ4n) is 3.14. The molecule has 180 valence electrons. The molecule has 1 amide bonds. The fourth-order valence-corrected chi connectivity index (χ4v) is 3.94. The summed E-state index contributed by atoms with van der Waals surface area (Å²) in [6, 6.07) is 15.0. The van der Waals surface area contributed by atoms with Crippen LogP contribution in [-0.4, -0.2) is 22.5 Å². The Hall–Kier alpha value is -3.92. The van der Waals surface area contributed by atoms with Gasteiger partial charge in [-0.25, -0.2) is 4.98 Å². The highest BCUT2D eigenvalue weighted by atomic mass is 32.1. The van der Waals surface area contributed by atoms with Gasteiger partial charge in [0.05, 0.1) is 35.7 Å². The van der Waals surface area contributed by atoms with Crippen molar-refractivity contribution in [1.29, 1.82) is 0 Å². The maximum atomic E-state index is 13.3. The van der Waals surface area contributed by atoms with Crippen molar-refractivity contribution in [3.8, 4) is 28.0 Å². The molecule has 0 bridgehead atoms. The van der Waals surface area contributed by atoms with E-state index in [0.29, 0.717) is 34.5 Å². The van der Waals surface area contributed by atoms with Gasteiger partial charge < -0.3 is 14.8 Å². The second-order valence-electron chi connectivity index (χ2n) is 7.30. The van der Waals surface area contributed by atoms with Crippen molar-refractivity contribution >= 4 is 22.9 Å². The summed E-state index contributed by atoms with van der Waals surface area (Å²) in [6.07, 6.45) is -3.06. The smallest absolute Gasteiger partial charge is 0.416 e. The number of anilines is 1. The van der Waals surface area contributed by atoms with Gasteiger partial charge in [-0.2, -0.15) is 13.2 Å². The molecule has 0 radical (unpaired) electrons. The molecule has 35 heavy (non-hydrogen) atoms. The van der Waals surface area contributed by atoms with Crippen molar-refractivity contribution in [2.75, 3.05) is 11.9 Å². The molecule has 0 aliphatic rings. The van der Waals surface area contributed by atoms with Gasteiger partial charge >= 0.3 is 6.18 Å². The van der Waals surface area contributed by atoms with E-state index in [4.69, 9.17) is 9.47 Å². The average molecular weight is 500 g/mol. The number of pyridine rings is 1. The Labute approximate surface area is 203 Å². The largest absolute Gasteiger partial charge is 0.494 e. The van der Waals surface area contributed by atoms with Crippen molar-refractivity contribution in [3.63, 3.8) is 0 Å². The van der Waals surface area contributed by atoms with Crippen LogP contribution in [0.25, 0.3) is 10.7 Å². The zero-order valence-electron chi connectivity index (χ0n) is 18.5. The fraction of sp³-hybridized carbons (Fsp3) is 0.160. The number of nitrogens with zero attached hydrogens (tertiary/aromatic N) is 2. The molecule has 0 fully saturated rings. The van der Waals surface area contributed by atoms with E-state index in [0.717, 1.165) is 12.1 Å². The third-order valence-corrected chi connectivity index (χ3v) is 5.63. The summed E-state index contributed by atoms with van der Waals surface area (Å²) in [5.74, 6) is 0.555. The molecule has 0 atom stereocenters. The highest BCUT2D eigenvalue weighted by Crippen LogP contribution is 2.37. The average Bonchev–Trinajstić information content (AvgIpc) is 3.30. The Morgan fingerprint density at radius 3 is 2.51 bits per heavy atom. The minimum atomic E-state index is -4.58. The van der Waals surface area contributed by atoms with Crippen LogP contribution in [0.3, 0.4) is 0 Å². The number of thiazole rings is 1. The highest BCUT2D eigenvalue weighted by molar-refractivity contribution is 7.13. The van der Waals surface area contributed by atoms with E-state index in [1.165, 1.54) is 17.4 Å². The monoisotopic (exact) mass is 499 g/mol. The first-order valence-electron chi connectivity index (χ1n) is 10.6. The molecule has 4 rings (SSSR count). The number of aromatic nitrogens is 2. The van der Waals surface area contributed by atoms with Crippen LogP contribution in [-0.2, 0) is 17.4 Å². The number of hydrogen-bond donors (Lipinski definition) is 1. The Balaban J connectivity index is 1.52. The predicted molar refractivity (Wildman–Crippen MR) is 127 cm³/mol. The van der Waals surface area contributed by atoms with E-state index in [2.05, 4.69) is 15.3 Å². The molecule has 2 aromatic heterocycles. The highest BCUT2D eigenvalue weighted by Gasteiger charge is 2.31. The summed E-state index contributed by atoms with van der Waals surface area (Å²) in [5, 5.41) is 4.89. The summed E-state index contributed by atoms with van der Waals surface area (Å²) in [6.45, 7) is 2.35. The maximum Gasteiger partial charge on any atom is 0.416 e. The SMILES string of the molecule is CCOc1ccc(Oc2ccc(C(F)(F)F)cc2NC(=O)Cc2csc(-c3ccccn3)n2)cc1. The van der Waals surface area contributed by atoms with Crippen LogP contribution in [0.15, 0.2) is 72.2 Å². The van der Waals surface area contributed by atoms with Crippen molar-refractivity contribution in [1.82, 2.24) is 9.97 Å². The van der Waals surface area contributed by atoms with E-state index in [1.54, 1.807) is 48.0 Å². The van der Waals surface area contributed by atoms with Crippen LogP contribution < -0.4 is 14.8 Å². The standard InChI is InChI=1S/C25H20F3N3O3S/c1-2-33-18-7-9-19(10-8-18)34-22-11-6-16(25(26,27)28)13-21(22)31-23(32)14-17-15-35-24(30-17)20-5-3-4-12-29-20/h3-13,15H,2,14H2,1H3,(H,31,32). The Morgan fingerprint density at radius 1 is 1.06 bits per heavy atom. The van der Waals surface area contributed by atoms with Crippen LogP contribution in [0.1, 0.15) is 18.2 Å². The van der Waals surface area contributed by atoms with Crippen molar-refractivity contribution < 1.29 is 27.4 Å². The van der Waals surface area contributed by atoms with Crippen LogP contribution >= 0.6 is 11.3 Å². The van der Waals surface area contributed by atoms with Crippen LogP contribution in [0, 0.1) is 0 Å². The molecule has 0 aliphatic carbocycles. The number of carbonyl (C=O) groups is 1. The Bertz CT molecular complexity index is 1290. The summed E-state index contributed by atoms with van der Waals surface area (Å²) in [7, 11) is 0. The molecule has 0 saturated carbocycles. The van der Waals surface area contributed by atoms with Crippen LogP contribution in [0.2, 0.25) is 0 Å². The molecule has 0 aliphatic heterocycles. The predicted octanol–water partition coefficient (Wildman–Crippen LogP) is 6.60. The third-order valence-electron chi connectivity index (χ3n) is 4.72. The normalized spacial score (nSPS) is 11.2. The minimum absolute atomic E-state index is 0.0722. The Morgan fingerprint density at radius 2 is 1.83 bits per heavy atom. The van der Waals surface area contributed by atoms with E-state index < -0.39 is 17.6 Å². The summed E-state index contributed by atoms with van der Waals surface area (Å²) < 4.78 is 51.1. The van der Waals surface area contributed by atoms with Crippen LogP contribution in [0.5, 0.6) is 17.2 Å². The molecule has 1 N–H and O–H groups in total. The summed E-state index contributed by atoms with van der Waals surface area (Å²) in [5.41, 5.74) is 0.152. The molecule has 4 aromatic rings. The first kappa shape index (κ1) is 24.2. The number of alkyl halides is 3. The van der Waals surface area contributed by atoms with E-state index >= 15 is 0 Å². The lowest BCUT2D eigenvalue weighted by Gasteiger charge is -2.15. The van der Waals surface area contributed by atoms with Crippen molar-refractivity contribution in [2.24, 2.45) is 0 Å². The molecular formula is C25H20F3N3O3S. The minimum Gasteiger partial charge on any atom is -0.494 e. The second kappa shape index (κ2) is 10.6. The molecule has 0 saturated heterocycles. The van der Waals surface area contributed by atoms with E-state index in [9.17, 15) is 18.0 Å². The van der Waals surface area contributed by atoms with Gasteiger partial charge in [-0.15, -0.1) is 11.3 Å². The van der Waals surface area contributed by atoms with Gasteiger partial charge in [0.1, 0.15) is 16.5 Å². The molecule has 6 nitrogen and oxygen atoms in total. The number of ether oxygens (including phenoxy) is 2. The van der Waals surface area contributed by atoms with Crippen molar-refractivity contribution in [3.05, 3.63) is 83.5 Å². The first-order chi connectivity index (χ1) is 16.8. The van der Waals surface area contributed by atoms with Gasteiger partial charge in [0, 0.05) is 11.6 Å². The van der Waals surface area contributed by atoms with Gasteiger partial charge in [-0.05, 0) is 61.5 Å². The van der Waals surface area contributed by atoms with Crippen molar-refractivity contribution in [2.45, 2.75) is 19.5 Å². The van der Waals surface area contributed by atoms with Crippen LogP contribution in [0.4, 0.5) is 18.9 Å². The molecule has 2 heterocycles. The molecular weight excluding hydrogens is 479 g/mol.